The quantitative estimate of drug-likeness (QED) is 0.249. The van der Waals surface area contributed by atoms with Gasteiger partial charge in [-0.2, -0.15) is 0 Å². The molecule has 0 aromatic rings. The van der Waals surface area contributed by atoms with Gasteiger partial charge < -0.3 is 4.43 Å². The number of hydrogen-bond donors (Lipinski definition) is 0. The summed E-state index contributed by atoms with van der Waals surface area (Å²) in [4.78, 5) is 0. The predicted octanol–water partition coefficient (Wildman–Crippen LogP) is 10.4. The summed E-state index contributed by atoms with van der Waals surface area (Å²) in [5, 5.41) is 0.304. The van der Waals surface area contributed by atoms with Gasteiger partial charge in [0.2, 0.25) is 0 Å². The van der Waals surface area contributed by atoms with E-state index in [0.29, 0.717) is 22.0 Å². The molecule has 0 saturated heterocycles. The van der Waals surface area contributed by atoms with E-state index in [1.54, 1.807) is 5.57 Å². The van der Waals surface area contributed by atoms with Crippen LogP contribution in [0.3, 0.4) is 0 Å². The third-order valence-electron chi connectivity index (χ3n) is 12.5. The molecule has 0 aliphatic heterocycles. The van der Waals surface area contributed by atoms with Gasteiger partial charge in [0.15, 0.2) is 8.32 Å². The fourth-order valence-electron chi connectivity index (χ4n) is 9.35. The van der Waals surface area contributed by atoms with E-state index in [4.69, 9.17) is 4.43 Å². The van der Waals surface area contributed by atoms with Gasteiger partial charge in [-0.05, 0) is 116 Å². The highest BCUT2D eigenvalue weighted by atomic mass is 28.4. The van der Waals surface area contributed by atoms with Crippen LogP contribution in [-0.2, 0) is 4.43 Å². The van der Waals surface area contributed by atoms with Crippen LogP contribution in [-0.4, -0.2) is 14.4 Å². The van der Waals surface area contributed by atoms with E-state index in [0.717, 1.165) is 35.5 Å². The summed E-state index contributed by atoms with van der Waals surface area (Å²) in [6.07, 6.45) is 18.7. The molecule has 0 aromatic heterocycles. The monoisotopic (exact) mass is 500 g/mol. The van der Waals surface area contributed by atoms with Gasteiger partial charge in [0, 0.05) is 6.10 Å². The molecule has 0 bridgehead atoms. The largest absolute Gasteiger partial charge is 0.414 e. The average Bonchev–Trinajstić information content (AvgIpc) is 3.10. The van der Waals surface area contributed by atoms with E-state index in [1.807, 2.05) is 0 Å². The van der Waals surface area contributed by atoms with Crippen LogP contribution in [0.25, 0.3) is 0 Å². The summed E-state index contributed by atoms with van der Waals surface area (Å²) >= 11 is 0. The maximum absolute atomic E-state index is 6.94. The van der Waals surface area contributed by atoms with Crippen molar-refractivity contribution in [2.75, 3.05) is 0 Å². The van der Waals surface area contributed by atoms with Crippen molar-refractivity contribution in [1.29, 1.82) is 0 Å². The van der Waals surface area contributed by atoms with Gasteiger partial charge in [-0.25, -0.2) is 0 Å². The van der Waals surface area contributed by atoms with Crippen molar-refractivity contribution in [3.05, 3.63) is 11.6 Å². The fourth-order valence-corrected chi connectivity index (χ4v) is 10.7. The lowest BCUT2D eigenvalue weighted by atomic mass is 9.47. The summed E-state index contributed by atoms with van der Waals surface area (Å²) in [6.45, 7) is 24.8. The highest BCUT2D eigenvalue weighted by molar-refractivity contribution is 6.74. The number of fused-ring (bicyclic) bond motifs is 5. The number of allylic oxidation sites excluding steroid dienone is 1. The first kappa shape index (κ1) is 27.9. The minimum Gasteiger partial charge on any atom is -0.414 e. The van der Waals surface area contributed by atoms with E-state index in [-0.39, 0.29) is 0 Å². The molecule has 0 unspecified atom stereocenters. The Balaban J connectivity index is 1.45. The zero-order valence-electron chi connectivity index (χ0n) is 25.3. The molecular formula is C33H60OSi. The maximum atomic E-state index is 6.94. The van der Waals surface area contributed by atoms with Crippen molar-refractivity contribution < 1.29 is 4.43 Å². The van der Waals surface area contributed by atoms with E-state index in [1.165, 1.54) is 70.6 Å². The van der Waals surface area contributed by atoms with Crippen molar-refractivity contribution in [2.24, 2.45) is 46.3 Å². The summed E-state index contributed by atoms with van der Waals surface area (Å²) in [5.74, 6) is 5.56. The molecule has 0 N–H and O–H groups in total. The SMILES string of the molecule is CC(C)CCC[C@@H](C)[C@H]1CC[C@H]2[C@@H]3CC=C4C[C@@H](O[Si](C)(C)C(C)(C)C)CC[C@]4(C)[C@H]3CC[C@]12C. The van der Waals surface area contributed by atoms with E-state index >= 15 is 0 Å². The standard InChI is InChI=1S/C33H60OSi/c1-23(2)12-11-13-24(3)28-16-17-29-27-15-14-25-22-26(34-35(9,10)31(4,5)6)18-20-32(25,7)30(27)19-21-33(28,29)8/h14,23-24,26-30H,11-13,15-22H2,1-10H3/t24-,26+,27+,28-,29+,30+,32+,33-/m1/s1. The molecule has 0 spiro atoms. The molecule has 0 heterocycles. The predicted molar refractivity (Wildman–Crippen MR) is 155 cm³/mol. The molecule has 35 heavy (non-hydrogen) atoms. The lowest BCUT2D eigenvalue weighted by Crippen LogP contribution is -2.52. The number of rotatable bonds is 7. The van der Waals surface area contributed by atoms with Crippen molar-refractivity contribution in [3.8, 4) is 0 Å². The highest BCUT2D eigenvalue weighted by Gasteiger charge is 2.59. The molecule has 3 saturated carbocycles. The summed E-state index contributed by atoms with van der Waals surface area (Å²) in [6, 6.07) is 0. The van der Waals surface area contributed by atoms with Crippen molar-refractivity contribution in [2.45, 2.75) is 150 Å². The van der Waals surface area contributed by atoms with E-state index in [2.05, 4.69) is 74.6 Å². The van der Waals surface area contributed by atoms with Crippen molar-refractivity contribution in [1.82, 2.24) is 0 Å². The maximum Gasteiger partial charge on any atom is 0.192 e. The molecule has 2 heteroatoms. The summed E-state index contributed by atoms with van der Waals surface area (Å²) in [5.41, 5.74) is 2.83. The Morgan fingerprint density at radius 2 is 1.69 bits per heavy atom. The number of hydrogen-bond acceptors (Lipinski definition) is 1. The Morgan fingerprint density at radius 1 is 0.971 bits per heavy atom. The van der Waals surface area contributed by atoms with Crippen LogP contribution in [0.4, 0.5) is 0 Å². The zero-order valence-corrected chi connectivity index (χ0v) is 26.3. The molecule has 3 fully saturated rings. The fraction of sp³-hybridized carbons (Fsp3) is 0.939. The second-order valence-corrected chi connectivity index (χ2v) is 20.8. The Labute approximate surface area is 220 Å². The van der Waals surface area contributed by atoms with Crippen LogP contribution in [0.1, 0.15) is 126 Å². The third-order valence-corrected chi connectivity index (χ3v) is 17.1. The lowest BCUT2D eigenvalue weighted by Gasteiger charge is -2.59. The molecule has 0 radical (unpaired) electrons. The Bertz CT molecular complexity index is 774. The average molecular weight is 501 g/mol. The molecule has 0 amide bonds. The molecule has 202 valence electrons. The van der Waals surface area contributed by atoms with Gasteiger partial charge >= 0.3 is 0 Å². The van der Waals surface area contributed by atoms with Gasteiger partial charge in [-0.1, -0.05) is 86.3 Å². The molecule has 4 aliphatic rings. The first-order valence-corrected chi connectivity index (χ1v) is 18.5. The first-order valence-electron chi connectivity index (χ1n) is 15.6. The molecule has 1 nitrogen and oxygen atoms in total. The Morgan fingerprint density at radius 3 is 2.34 bits per heavy atom. The Hall–Kier alpha value is -0.0831. The topological polar surface area (TPSA) is 9.23 Å². The van der Waals surface area contributed by atoms with Crippen molar-refractivity contribution >= 4 is 8.32 Å². The van der Waals surface area contributed by atoms with Crippen LogP contribution >= 0.6 is 0 Å². The minimum atomic E-state index is -1.70. The van der Waals surface area contributed by atoms with Crippen LogP contribution in [0.2, 0.25) is 18.1 Å². The molecule has 4 rings (SSSR count). The van der Waals surface area contributed by atoms with Crippen LogP contribution in [0, 0.1) is 46.3 Å². The summed E-state index contributed by atoms with van der Waals surface area (Å²) < 4.78 is 6.94. The lowest BCUT2D eigenvalue weighted by molar-refractivity contribution is -0.0565. The first-order chi connectivity index (χ1) is 16.2. The van der Waals surface area contributed by atoms with Gasteiger partial charge in [0.05, 0.1) is 0 Å². The van der Waals surface area contributed by atoms with Crippen LogP contribution < -0.4 is 0 Å². The Kier molecular flexibility index (Phi) is 7.91. The van der Waals surface area contributed by atoms with E-state index < -0.39 is 8.32 Å². The second-order valence-electron chi connectivity index (χ2n) is 16.0. The van der Waals surface area contributed by atoms with Crippen LogP contribution in [0.5, 0.6) is 0 Å². The van der Waals surface area contributed by atoms with Gasteiger partial charge in [0.1, 0.15) is 0 Å². The van der Waals surface area contributed by atoms with Gasteiger partial charge in [-0.15, -0.1) is 0 Å². The smallest absolute Gasteiger partial charge is 0.192 e. The minimum absolute atomic E-state index is 0.304. The van der Waals surface area contributed by atoms with Crippen LogP contribution in [0.15, 0.2) is 11.6 Å². The highest BCUT2D eigenvalue weighted by Crippen LogP contribution is 2.67. The molecule has 4 aliphatic carbocycles. The molecular weight excluding hydrogens is 440 g/mol. The van der Waals surface area contributed by atoms with Gasteiger partial charge in [0.25, 0.3) is 0 Å². The molecule has 8 atom stereocenters. The third kappa shape index (κ3) is 5.15. The van der Waals surface area contributed by atoms with Gasteiger partial charge in [-0.3, -0.25) is 0 Å². The van der Waals surface area contributed by atoms with E-state index in [9.17, 15) is 0 Å². The normalized spacial score (nSPS) is 40.7. The van der Waals surface area contributed by atoms with Crippen molar-refractivity contribution in [3.63, 3.8) is 0 Å². The zero-order chi connectivity index (χ0) is 25.8. The summed E-state index contributed by atoms with van der Waals surface area (Å²) in [7, 11) is -1.70. The second kappa shape index (κ2) is 9.90. The molecule has 0 aromatic carbocycles.